The Labute approximate surface area is 112 Å². The summed E-state index contributed by atoms with van der Waals surface area (Å²) >= 11 is 3.26. The van der Waals surface area contributed by atoms with Gasteiger partial charge < -0.3 is 21.0 Å². The van der Waals surface area contributed by atoms with Crippen molar-refractivity contribution in [1.29, 1.82) is 0 Å². The number of nitrogen functional groups attached to an aromatic ring is 1. The fraction of sp³-hybridized carbons (Fsp3) is 0.0909. The number of aromatic amines is 2. The third-order valence-electron chi connectivity index (χ3n) is 2.21. The summed E-state index contributed by atoms with van der Waals surface area (Å²) in [6.45, 7) is 0. The van der Waals surface area contributed by atoms with Crippen molar-refractivity contribution in [3.63, 3.8) is 0 Å². The first-order chi connectivity index (χ1) is 8.65. The Morgan fingerprint density at radius 1 is 1.61 bits per heavy atom. The average Bonchev–Trinajstić information content (AvgIpc) is 2.93. The molecule has 7 heteroatoms. The van der Waals surface area contributed by atoms with E-state index in [1.807, 2.05) is 6.08 Å². The van der Waals surface area contributed by atoms with Crippen molar-refractivity contribution >= 4 is 27.8 Å². The second-order valence-electron chi connectivity index (χ2n) is 3.61. The molecule has 18 heavy (non-hydrogen) atoms. The number of nitrogens with two attached hydrogens (primary N) is 1. The van der Waals surface area contributed by atoms with E-state index in [0.29, 0.717) is 18.1 Å². The number of nitrogens with one attached hydrogen (secondary N) is 3. The number of imidazole rings is 1. The molecule has 94 valence electrons. The summed E-state index contributed by atoms with van der Waals surface area (Å²) in [6, 6.07) is 1.71. The zero-order valence-electron chi connectivity index (χ0n) is 9.40. The lowest BCUT2D eigenvalue weighted by atomic mass is 10.3. The van der Waals surface area contributed by atoms with Crippen molar-refractivity contribution < 1.29 is 4.79 Å². The number of halogens is 1. The lowest BCUT2D eigenvalue weighted by Crippen LogP contribution is -2.17. The van der Waals surface area contributed by atoms with Crippen molar-refractivity contribution in [2.45, 2.75) is 6.42 Å². The van der Waals surface area contributed by atoms with Crippen LogP contribution in [0.3, 0.4) is 0 Å². The zero-order valence-corrected chi connectivity index (χ0v) is 11.0. The van der Waals surface area contributed by atoms with Gasteiger partial charge in [-0.15, -0.1) is 0 Å². The topological polar surface area (TPSA) is 99.6 Å². The van der Waals surface area contributed by atoms with Crippen LogP contribution in [-0.2, 0) is 6.42 Å². The van der Waals surface area contributed by atoms with Crippen LogP contribution in [0.5, 0.6) is 0 Å². The molecule has 2 aromatic rings. The van der Waals surface area contributed by atoms with Crippen LogP contribution in [0.1, 0.15) is 16.2 Å². The maximum absolute atomic E-state index is 11.6. The summed E-state index contributed by atoms with van der Waals surface area (Å²) in [6.07, 6.45) is 7.38. The van der Waals surface area contributed by atoms with E-state index >= 15 is 0 Å². The van der Waals surface area contributed by atoms with Gasteiger partial charge in [-0.1, -0.05) is 6.08 Å². The third kappa shape index (κ3) is 3.24. The molecule has 0 fully saturated rings. The van der Waals surface area contributed by atoms with Crippen LogP contribution in [0.15, 0.2) is 35.2 Å². The van der Waals surface area contributed by atoms with Crippen molar-refractivity contribution in [3.8, 4) is 0 Å². The zero-order chi connectivity index (χ0) is 13.0. The number of hydrogen-bond acceptors (Lipinski definition) is 3. The van der Waals surface area contributed by atoms with Gasteiger partial charge in [0.1, 0.15) is 5.69 Å². The molecule has 0 saturated heterocycles. The van der Waals surface area contributed by atoms with Gasteiger partial charge in [0, 0.05) is 29.0 Å². The van der Waals surface area contributed by atoms with Crippen LogP contribution in [0.25, 0.3) is 0 Å². The first-order valence-electron chi connectivity index (χ1n) is 5.24. The molecule has 0 aromatic carbocycles. The van der Waals surface area contributed by atoms with Gasteiger partial charge in [0.25, 0.3) is 5.91 Å². The van der Waals surface area contributed by atoms with Gasteiger partial charge in [0.2, 0.25) is 0 Å². The van der Waals surface area contributed by atoms with Gasteiger partial charge in [0.05, 0.1) is 6.20 Å². The van der Waals surface area contributed by atoms with E-state index in [4.69, 9.17) is 5.73 Å². The Morgan fingerprint density at radius 2 is 2.44 bits per heavy atom. The Balaban J connectivity index is 1.82. The summed E-state index contributed by atoms with van der Waals surface area (Å²) in [7, 11) is 0. The van der Waals surface area contributed by atoms with E-state index in [0.717, 1.165) is 10.2 Å². The number of rotatable bonds is 4. The Kier molecular flexibility index (Phi) is 3.83. The predicted molar refractivity (Wildman–Crippen MR) is 71.8 cm³/mol. The molecule has 0 aliphatic heterocycles. The number of hydrogen-bond donors (Lipinski definition) is 4. The van der Waals surface area contributed by atoms with Crippen LogP contribution in [0, 0.1) is 0 Å². The fourth-order valence-corrected chi connectivity index (χ4v) is 1.72. The largest absolute Gasteiger partial charge is 0.369 e. The summed E-state index contributed by atoms with van der Waals surface area (Å²) < 4.78 is 0.838. The van der Waals surface area contributed by atoms with E-state index in [1.165, 1.54) is 0 Å². The minimum absolute atomic E-state index is 0.193. The molecule has 5 N–H and O–H groups in total. The lowest BCUT2D eigenvalue weighted by molar-refractivity contribution is 0.0965. The van der Waals surface area contributed by atoms with Crippen LogP contribution < -0.4 is 11.1 Å². The van der Waals surface area contributed by atoms with Crippen LogP contribution in [0.2, 0.25) is 0 Å². The summed E-state index contributed by atoms with van der Waals surface area (Å²) in [5.74, 6) is 0.194. The molecule has 2 heterocycles. The highest BCUT2D eigenvalue weighted by molar-refractivity contribution is 9.10. The summed E-state index contributed by atoms with van der Waals surface area (Å²) in [5, 5.41) is 2.65. The van der Waals surface area contributed by atoms with Crippen LogP contribution in [-0.4, -0.2) is 20.9 Å². The van der Waals surface area contributed by atoms with Crippen molar-refractivity contribution in [2.75, 3.05) is 5.73 Å². The van der Waals surface area contributed by atoms with Gasteiger partial charge in [-0.25, -0.2) is 4.98 Å². The van der Waals surface area contributed by atoms with E-state index in [9.17, 15) is 4.79 Å². The molecule has 0 spiro atoms. The quantitative estimate of drug-likeness (QED) is 0.689. The number of anilines is 1. The summed E-state index contributed by atoms with van der Waals surface area (Å²) in [5.41, 5.74) is 6.83. The number of amides is 1. The minimum atomic E-state index is -0.193. The molecule has 0 saturated carbocycles. The molecular formula is C11H12BrN5O. The Bertz CT molecular complexity index is 572. The van der Waals surface area contributed by atoms with Gasteiger partial charge >= 0.3 is 0 Å². The highest BCUT2D eigenvalue weighted by Crippen LogP contribution is 2.10. The van der Waals surface area contributed by atoms with Crippen molar-refractivity contribution in [2.24, 2.45) is 0 Å². The number of H-pyrrole nitrogens is 2. The summed E-state index contributed by atoms with van der Waals surface area (Å²) in [4.78, 5) is 21.2. The van der Waals surface area contributed by atoms with E-state index in [-0.39, 0.29) is 5.91 Å². The Morgan fingerprint density at radius 3 is 3.06 bits per heavy atom. The second-order valence-corrected chi connectivity index (χ2v) is 4.52. The average molecular weight is 310 g/mol. The molecule has 6 nitrogen and oxygen atoms in total. The SMILES string of the molecule is Nc1ncc(C/C=C/NC(=O)c2cc(Br)c[nH]2)[nH]1. The van der Waals surface area contributed by atoms with Gasteiger partial charge in [-0.2, -0.15) is 0 Å². The molecular weight excluding hydrogens is 298 g/mol. The number of allylic oxidation sites excluding steroid dienone is 1. The van der Waals surface area contributed by atoms with E-state index < -0.39 is 0 Å². The van der Waals surface area contributed by atoms with Crippen molar-refractivity contribution in [3.05, 3.63) is 46.6 Å². The highest BCUT2D eigenvalue weighted by atomic mass is 79.9. The van der Waals surface area contributed by atoms with Crippen molar-refractivity contribution in [1.82, 2.24) is 20.3 Å². The molecule has 2 aromatic heterocycles. The number of nitrogens with zero attached hydrogens (tertiary/aromatic N) is 1. The predicted octanol–water partition coefficient (Wildman–Crippen LogP) is 1.57. The first kappa shape index (κ1) is 12.4. The molecule has 0 aliphatic rings. The number of carbonyl (C=O) groups excluding carboxylic acids is 1. The van der Waals surface area contributed by atoms with Gasteiger partial charge in [0.15, 0.2) is 5.95 Å². The molecule has 1 amide bonds. The van der Waals surface area contributed by atoms with Gasteiger partial charge in [-0.3, -0.25) is 4.79 Å². The molecule has 0 radical (unpaired) electrons. The normalized spacial score (nSPS) is 10.9. The molecule has 0 atom stereocenters. The highest BCUT2D eigenvalue weighted by Gasteiger charge is 2.04. The minimum Gasteiger partial charge on any atom is -0.369 e. The number of carbonyl (C=O) groups is 1. The van der Waals surface area contributed by atoms with Crippen LogP contribution in [0.4, 0.5) is 5.95 Å². The molecule has 0 unspecified atom stereocenters. The van der Waals surface area contributed by atoms with Crippen LogP contribution >= 0.6 is 15.9 Å². The van der Waals surface area contributed by atoms with E-state index in [1.54, 1.807) is 24.7 Å². The molecule has 2 rings (SSSR count). The molecule has 0 bridgehead atoms. The maximum Gasteiger partial charge on any atom is 0.271 e. The fourth-order valence-electron chi connectivity index (χ4n) is 1.38. The van der Waals surface area contributed by atoms with Gasteiger partial charge in [-0.05, 0) is 22.0 Å². The number of aromatic nitrogens is 3. The third-order valence-corrected chi connectivity index (χ3v) is 2.67. The first-order valence-corrected chi connectivity index (χ1v) is 6.03. The smallest absolute Gasteiger partial charge is 0.271 e. The maximum atomic E-state index is 11.6. The lowest BCUT2D eigenvalue weighted by Gasteiger charge is -1.96. The Hall–Kier alpha value is -2.02. The second kappa shape index (κ2) is 5.54. The molecule has 0 aliphatic carbocycles. The standard InChI is InChI=1S/C11H12BrN5O/c12-7-4-9(15-5-7)10(18)14-3-1-2-8-6-16-11(13)17-8/h1,3-6,15H,2H2,(H,14,18)(H3,13,16,17)/b3-1+. The monoisotopic (exact) mass is 309 g/mol. The van der Waals surface area contributed by atoms with E-state index in [2.05, 4.69) is 36.2 Å².